The average Bonchev–Trinajstić information content (AvgIpc) is 2.97. The molecule has 5 rings (SSSR count). The zero-order valence-electron chi connectivity index (χ0n) is 24.2. The van der Waals surface area contributed by atoms with Crippen LogP contribution >= 0.6 is 0 Å². The molecule has 3 N–H and O–H groups in total. The lowest BCUT2D eigenvalue weighted by atomic mass is 9.94. The molecule has 0 aromatic heterocycles. The van der Waals surface area contributed by atoms with Gasteiger partial charge in [-0.15, -0.1) is 0 Å². The van der Waals surface area contributed by atoms with E-state index in [4.69, 9.17) is 9.47 Å². The number of benzene rings is 3. The molecule has 0 saturated carbocycles. The number of fused-ring (bicyclic) bond motifs is 2. The van der Waals surface area contributed by atoms with Gasteiger partial charge in [0.2, 0.25) is 5.91 Å². The lowest BCUT2D eigenvalue weighted by Crippen LogP contribution is -2.53. The van der Waals surface area contributed by atoms with Crippen molar-refractivity contribution in [3.05, 3.63) is 83.4 Å². The molecule has 9 nitrogen and oxygen atoms in total. The molecule has 226 valence electrons. The minimum Gasteiger partial charge on any atom is -0.490 e. The molecule has 1 saturated heterocycles. The summed E-state index contributed by atoms with van der Waals surface area (Å²) in [6.07, 6.45) is 0.657. The molecule has 1 fully saturated rings. The summed E-state index contributed by atoms with van der Waals surface area (Å²) < 4.78 is 38.9. The number of halogens is 2. The highest BCUT2D eigenvalue weighted by molar-refractivity contribution is 6.02. The summed E-state index contributed by atoms with van der Waals surface area (Å²) in [5, 5.41) is 7.96. The van der Waals surface area contributed by atoms with Crippen molar-refractivity contribution >= 4 is 34.9 Å². The zero-order valence-corrected chi connectivity index (χ0v) is 24.2. The smallest absolute Gasteiger partial charge is 0.323 e. The molecule has 2 heterocycles. The van der Waals surface area contributed by atoms with E-state index in [-0.39, 0.29) is 48.2 Å². The van der Waals surface area contributed by atoms with Gasteiger partial charge in [-0.1, -0.05) is 26.0 Å². The fourth-order valence-corrected chi connectivity index (χ4v) is 5.34. The maximum absolute atomic E-state index is 13.5. The number of likely N-dealkylation sites (N-methyl/N-ethyl adjacent to an activating group) is 1. The van der Waals surface area contributed by atoms with Crippen molar-refractivity contribution in [3.8, 4) is 5.75 Å². The second-order valence-corrected chi connectivity index (χ2v) is 11.1. The molecule has 43 heavy (non-hydrogen) atoms. The highest BCUT2D eigenvalue weighted by atomic mass is 19.2. The van der Waals surface area contributed by atoms with Crippen molar-refractivity contribution in [2.75, 3.05) is 29.6 Å². The van der Waals surface area contributed by atoms with Crippen molar-refractivity contribution in [1.29, 1.82) is 0 Å². The number of hydrogen-bond acceptors (Lipinski definition) is 5. The normalized spacial score (nSPS) is 19.8. The predicted molar refractivity (Wildman–Crippen MR) is 158 cm³/mol. The topological polar surface area (TPSA) is 109 Å². The molecule has 3 atom stereocenters. The molecule has 0 aliphatic carbocycles. The number of carbonyl (C=O) groups excluding carboxylic acids is 3. The predicted octanol–water partition coefficient (Wildman–Crippen LogP) is 6.14. The molecule has 0 spiro atoms. The van der Waals surface area contributed by atoms with Crippen molar-refractivity contribution in [1.82, 2.24) is 4.90 Å². The molecule has 2 aliphatic heterocycles. The summed E-state index contributed by atoms with van der Waals surface area (Å²) in [5.74, 6) is -1.82. The van der Waals surface area contributed by atoms with E-state index in [0.29, 0.717) is 30.2 Å². The number of ether oxygens (including phenoxy) is 2. The Morgan fingerprint density at radius 2 is 1.58 bits per heavy atom. The van der Waals surface area contributed by atoms with Gasteiger partial charge in [-0.25, -0.2) is 13.6 Å². The van der Waals surface area contributed by atoms with E-state index >= 15 is 0 Å². The summed E-state index contributed by atoms with van der Waals surface area (Å²) in [6.45, 7) is 4.40. The monoisotopic (exact) mass is 592 g/mol. The largest absolute Gasteiger partial charge is 0.490 e. The van der Waals surface area contributed by atoms with Crippen molar-refractivity contribution in [2.24, 2.45) is 0 Å². The van der Waals surface area contributed by atoms with Crippen LogP contribution in [0.25, 0.3) is 0 Å². The lowest BCUT2D eigenvalue weighted by Gasteiger charge is -2.42. The van der Waals surface area contributed by atoms with Gasteiger partial charge < -0.3 is 30.3 Å². The Morgan fingerprint density at radius 3 is 2.28 bits per heavy atom. The van der Waals surface area contributed by atoms with Crippen LogP contribution in [-0.2, 0) is 9.53 Å². The molecule has 4 amide bonds. The summed E-state index contributed by atoms with van der Waals surface area (Å²) in [6, 6.07) is 14.5. The van der Waals surface area contributed by atoms with Gasteiger partial charge in [-0.3, -0.25) is 9.59 Å². The number of amides is 4. The highest BCUT2D eigenvalue weighted by Gasteiger charge is 2.39. The summed E-state index contributed by atoms with van der Waals surface area (Å²) in [7, 11) is 1.70. The van der Waals surface area contributed by atoms with Crippen LogP contribution in [0.15, 0.2) is 60.7 Å². The van der Waals surface area contributed by atoms with Gasteiger partial charge >= 0.3 is 6.03 Å². The van der Waals surface area contributed by atoms with E-state index in [2.05, 4.69) is 29.8 Å². The van der Waals surface area contributed by atoms with Crippen molar-refractivity contribution in [3.63, 3.8) is 0 Å². The van der Waals surface area contributed by atoms with Gasteiger partial charge in [-0.2, -0.15) is 0 Å². The van der Waals surface area contributed by atoms with Gasteiger partial charge in [0.15, 0.2) is 11.6 Å². The van der Waals surface area contributed by atoms with Crippen LogP contribution in [0, 0.1) is 11.6 Å². The molecule has 0 unspecified atom stereocenters. The number of rotatable bonds is 6. The summed E-state index contributed by atoms with van der Waals surface area (Å²) >= 11 is 0. The number of nitrogens with one attached hydrogen (secondary N) is 3. The fourth-order valence-electron chi connectivity index (χ4n) is 5.34. The van der Waals surface area contributed by atoms with Gasteiger partial charge in [-0.05, 0) is 66.8 Å². The fraction of sp³-hybridized carbons (Fsp3) is 0.344. The first-order valence-corrected chi connectivity index (χ1v) is 14.2. The molecule has 3 aromatic rings. The van der Waals surface area contributed by atoms with Gasteiger partial charge in [0.05, 0.1) is 24.1 Å². The Morgan fingerprint density at radius 1 is 0.907 bits per heavy atom. The van der Waals surface area contributed by atoms with Gasteiger partial charge in [0.1, 0.15) is 18.5 Å². The maximum atomic E-state index is 13.5. The number of urea groups is 1. The Labute approximate surface area is 248 Å². The third-order valence-corrected chi connectivity index (χ3v) is 7.72. The summed E-state index contributed by atoms with van der Waals surface area (Å²) in [5.41, 5.74) is 2.57. The quantitative estimate of drug-likeness (QED) is 0.319. The van der Waals surface area contributed by atoms with E-state index in [1.807, 2.05) is 24.3 Å². The van der Waals surface area contributed by atoms with Gasteiger partial charge in [0.25, 0.3) is 5.91 Å². The Bertz CT molecular complexity index is 1510. The molecule has 2 aliphatic rings. The Balaban J connectivity index is 1.20. The summed E-state index contributed by atoms with van der Waals surface area (Å²) in [4.78, 5) is 40.3. The van der Waals surface area contributed by atoms with Crippen LogP contribution in [0.5, 0.6) is 5.75 Å². The van der Waals surface area contributed by atoms with Crippen LogP contribution in [0.4, 0.5) is 30.6 Å². The number of carbonyl (C=O) groups is 3. The van der Waals surface area contributed by atoms with Crippen molar-refractivity contribution < 1.29 is 32.6 Å². The Hall–Kier alpha value is -4.51. The first-order chi connectivity index (χ1) is 20.6. The minimum absolute atomic E-state index is 0.0706. The standard InChI is InChI=1S/C32H34F2N4O5/c1-18(2)19-4-6-20(7-5-19)35-30(39)16-23-10-12-27-29(43-23)17-42-28-13-9-21(14-24(28)31(40)38(27)3)36-32(41)37-22-8-11-25(33)26(34)15-22/h4-9,11,13-15,18,23,27,29H,10,12,16-17H2,1-3H3,(H,35,39)(H2,36,37,41)/t23-,27+,29-/m1/s1. The highest BCUT2D eigenvalue weighted by Crippen LogP contribution is 2.33. The van der Waals surface area contributed by atoms with Gasteiger partial charge in [0, 0.05) is 30.2 Å². The maximum Gasteiger partial charge on any atom is 0.323 e. The molecular formula is C32H34F2N4O5. The second-order valence-electron chi connectivity index (χ2n) is 11.1. The molecule has 3 aromatic carbocycles. The van der Waals surface area contributed by atoms with Crippen LogP contribution in [0.3, 0.4) is 0 Å². The molecule has 0 radical (unpaired) electrons. The number of nitrogens with zero attached hydrogens (tertiary/aromatic N) is 1. The average molecular weight is 593 g/mol. The SMILES string of the molecule is CC(C)c1ccc(NC(=O)C[C@H]2CC[C@H]3[C@@H](COc4ccc(NC(=O)Nc5ccc(F)c(F)c5)cc4C(=O)N3C)O2)cc1. The zero-order chi connectivity index (χ0) is 30.7. The van der Waals surface area contributed by atoms with E-state index in [1.54, 1.807) is 24.1 Å². The third-order valence-electron chi connectivity index (χ3n) is 7.72. The number of anilines is 3. The second kappa shape index (κ2) is 12.8. The van der Waals surface area contributed by atoms with Crippen LogP contribution < -0.4 is 20.7 Å². The van der Waals surface area contributed by atoms with E-state index < -0.39 is 23.8 Å². The number of hydrogen-bond donors (Lipinski definition) is 3. The van der Waals surface area contributed by atoms with Crippen LogP contribution in [0.1, 0.15) is 54.9 Å². The van der Waals surface area contributed by atoms with Crippen molar-refractivity contribution in [2.45, 2.75) is 57.3 Å². The van der Waals surface area contributed by atoms with E-state index in [1.165, 1.54) is 17.7 Å². The minimum atomic E-state index is -1.09. The first kappa shape index (κ1) is 30.0. The molecule has 0 bridgehead atoms. The first-order valence-electron chi connectivity index (χ1n) is 14.2. The third kappa shape index (κ3) is 7.11. The molecule has 11 heteroatoms. The van der Waals surface area contributed by atoms with Crippen LogP contribution in [0.2, 0.25) is 0 Å². The van der Waals surface area contributed by atoms with E-state index in [9.17, 15) is 23.2 Å². The van der Waals surface area contributed by atoms with Crippen LogP contribution in [-0.4, -0.2) is 54.6 Å². The van der Waals surface area contributed by atoms with E-state index in [0.717, 1.165) is 17.8 Å². The lowest BCUT2D eigenvalue weighted by molar-refractivity contribution is -0.130. The Kier molecular flexibility index (Phi) is 8.91. The molecular weight excluding hydrogens is 558 g/mol.